The van der Waals surface area contributed by atoms with Crippen molar-refractivity contribution in [3.8, 4) is 0 Å². The van der Waals surface area contributed by atoms with Gasteiger partial charge in [-0.2, -0.15) is 0 Å². The molecule has 4 heteroatoms. The summed E-state index contributed by atoms with van der Waals surface area (Å²) < 4.78 is 5.89. The molecule has 0 bridgehead atoms. The Bertz CT molecular complexity index is 623. The van der Waals surface area contributed by atoms with Crippen molar-refractivity contribution in [3.63, 3.8) is 0 Å². The van der Waals surface area contributed by atoms with Crippen molar-refractivity contribution in [1.82, 2.24) is 10.2 Å². The molecule has 2 atom stereocenters. The van der Waals surface area contributed by atoms with Gasteiger partial charge in [0.15, 0.2) is 0 Å². The quantitative estimate of drug-likeness (QED) is 0.943. The van der Waals surface area contributed by atoms with E-state index in [0.717, 1.165) is 36.2 Å². The van der Waals surface area contributed by atoms with E-state index in [1.54, 1.807) is 0 Å². The lowest BCUT2D eigenvalue weighted by atomic mass is 9.87. The number of para-hydroxylation sites is 1. The molecule has 1 N–H and O–H groups in total. The zero-order chi connectivity index (χ0) is 15.0. The summed E-state index contributed by atoms with van der Waals surface area (Å²) >= 11 is 0. The van der Waals surface area contributed by atoms with Gasteiger partial charge >= 0.3 is 0 Å². The number of amides is 1. The Morgan fingerprint density at radius 3 is 2.86 bits per heavy atom. The molecule has 1 aliphatic heterocycles. The molecule has 4 nitrogen and oxygen atoms in total. The maximum Gasteiger partial charge on any atom is 0.230 e. The van der Waals surface area contributed by atoms with E-state index in [0.29, 0.717) is 0 Å². The van der Waals surface area contributed by atoms with Gasteiger partial charge in [-0.3, -0.25) is 4.79 Å². The number of nitrogens with zero attached hydrogens (tertiary/aromatic N) is 1. The Labute approximate surface area is 125 Å². The molecule has 0 radical (unpaired) electrons. The van der Waals surface area contributed by atoms with Crippen LogP contribution in [-0.4, -0.2) is 30.9 Å². The van der Waals surface area contributed by atoms with Gasteiger partial charge in [-0.05, 0) is 38.9 Å². The highest BCUT2D eigenvalue weighted by Gasteiger charge is 2.39. The number of benzene rings is 1. The Balaban J connectivity index is 1.83. The van der Waals surface area contributed by atoms with Crippen molar-refractivity contribution >= 4 is 16.9 Å². The molecule has 1 aliphatic rings. The van der Waals surface area contributed by atoms with Crippen LogP contribution in [0.1, 0.15) is 32.1 Å². The maximum absolute atomic E-state index is 12.7. The summed E-state index contributed by atoms with van der Waals surface area (Å²) in [5, 5.41) is 4.36. The summed E-state index contributed by atoms with van der Waals surface area (Å²) in [6, 6.07) is 9.89. The Morgan fingerprint density at radius 2 is 2.19 bits per heavy atom. The van der Waals surface area contributed by atoms with Crippen LogP contribution in [0, 0.1) is 5.41 Å². The molecule has 1 saturated heterocycles. The van der Waals surface area contributed by atoms with Crippen LogP contribution in [0.15, 0.2) is 34.7 Å². The Kier molecular flexibility index (Phi) is 3.49. The fourth-order valence-electron chi connectivity index (χ4n) is 3.00. The standard InChI is InChI=1S/C17H22N2O2/c1-12(15-10-13-6-4-5-7-14(13)21-15)19(3)16(20)17(2)8-9-18-11-17/h4-7,10,12,18H,8-9,11H2,1-3H3. The maximum atomic E-state index is 12.7. The van der Waals surface area contributed by atoms with E-state index < -0.39 is 0 Å². The second-order valence-electron chi connectivity index (χ2n) is 6.27. The summed E-state index contributed by atoms with van der Waals surface area (Å²) in [4.78, 5) is 14.6. The number of furan rings is 1. The molecule has 2 aromatic rings. The van der Waals surface area contributed by atoms with Crippen molar-refractivity contribution in [2.75, 3.05) is 20.1 Å². The monoisotopic (exact) mass is 286 g/mol. The summed E-state index contributed by atoms with van der Waals surface area (Å²) in [5.41, 5.74) is 0.573. The normalized spacial score (nSPS) is 23.4. The molecule has 3 rings (SSSR count). The Morgan fingerprint density at radius 1 is 1.43 bits per heavy atom. The molecule has 21 heavy (non-hydrogen) atoms. The average Bonchev–Trinajstić information content (AvgIpc) is 3.11. The van der Waals surface area contributed by atoms with Gasteiger partial charge in [0, 0.05) is 19.0 Å². The van der Waals surface area contributed by atoms with Crippen LogP contribution < -0.4 is 5.32 Å². The van der Waals surface area contributed by atoms with Crippen molar-refractivity contribution in [2.24, 2.45) is 5.41 Å². The SMILES string of the molecule is CC(c1cc2ccccc2o1)N(C)C(=O)C1(C)CCNC1. The second-order valence-corrected chi connectivity index (χ2v) is 6.27. The lowest BCUT2D eigenvalue weighted by molar-refractivity contribution is -0.141. The molecule has 1 amide bonds. The smallest absolute Gasteiger partial charge is 0.230 e. The van der Waals surface area contributed by atoms with Crippen LogP contribution in [0.3, 0.4) is 0 Å². The average molecular weight is 286 g/mol. The van der Waals surface area contributed by atoms with E-state index in [1.165, 1.54) is 0 Å². The number of hydrogen-bond donors (Lipinski definition) is 1. The lowest BCUT2D eigenvalue weighted by Crippen LogP contribution is -2.42. The largest absolute Gasteiger partial charge is 0.459 e. The zero-order valence-electron chi connectivity index (χ0n) is 12.8. The minimum absolute atomic E-state index is 0.0673. The van der Waals surface area contributed by atoms with Crippen LogP contribution in [0.5, 0.6) is 0 Å². The number of hydrogen-bond acceptors (Lipinski definition) is 3. The molecular formula is C17H22N2O2. The van der Waals surface area contributed by atoms with E-state index in [9.17, 15) is 4.79 Å². The van der Waals surface area contributed by atoms with Crippen LogP contribution in [0.25, 0.3) is 11.0 Å². The second kappa shape index (κ2) is 5.19. The van der Waals surface area contributed by atoms with Gasteiger partial charge in [-0.25, -0.2) is 0 Å². The summed E-state index contributed by atoms with van der Waals surface area (Å²) in [5.74, 6) is 1.02. The van der Waals surface area contributed by atoms with Gasteiger partial charge in [-0.1, -0.05) is 18.2 Å². The first kappa shape index (κ1) is 14.1. The summed E-state index contributed by atoms with van der Waals surface area (Å²) in [6.45, 7) is 5.72. The number of carbonyl (C=O) groups is 1. The van der Waals surface area contributed by atoms with Crippen LogP contribution in [-0.2, 0) is 4.79 Å². The van der Waals surface area contributed by atoms with Crippen molar-refractivity contribution in [3.05, 3.63) is 36.1 Å². The molecule has 0 aliphatic carbocycles. The van der Waals surface area contributed by atoms with E-state index >= 15 is 0 Å². The number of fused-ring (bicyclic) bond motifs is 1. The number of rotatable bonds is 3. The van der Waals surface area contributed by atoms with Gasteiger partial charge in [0.25, 0.3) is 0 Å². The van der Waals surface area contributed by atoms with Gasteiger partial charge < -0.3 is 14.6 Å². The number of nitrogens with one attached hydrogen (secondary N) is 1. The summed E-state index contributed by atoms with van der Waals surface area (Å²) in [6.07, 6.45) is 0.892. The number of carbonyl (C=O) groups excluding carboxylic acids is 1. The third-order valence-corrected chi connectivity index (χ3v) is 4.64. The topological polar surface area (TPSA) is 45.5 Å². The van der Waals surface area contributed by atoms with Gasteiger partial charge in [-0.15, -0.1) is 0 Å². The molecule has 0 spiro atoms. The Hall–Kier alpha value is -1.81. The molecule has 0 saturated carbocycles. The molecule has 1 aromatic carbocycles. The van der Waals surface area contributed by atoms with Gasteiger partial charge in [0.1, 0.15) is 11.3 Å². The first-order valence-electron chi connectivity index (χ1n) is 7.48. The predicted molar refractivity (Wildman–Crippen MR) is 83.0 cm³/mol. The molecule has 1 fully saturated rings. The first-order valence-corrected chi connectivity index (χ1v) is 7.48. The van der Waals surface area contributed by atoms with E-state index in [-0.39, 0.29) is 17.4 Å². The highest BCUT2D eigenvalue weighted by Crippen LogP contribution is 2.32. The van der Waals surface area contributed by atoms with Crippen molar-refractivity contribution in [2.45, 2.75) is 26.3 Å². The van der Waals surface area contributed by atoms with Crippen LogP contribution >= 0.6 is 0 Å². The zero-order valence-corrected chi connectivity index (χ0v) is 12.8. The fraction of sp³-hybridized carbons (Fsp3) is 0.471. The minimum atomic E-state index is -0.297. The van der Waals surface area contributed by atoms with Crippen LogP contribution in [0.4, 0.5) is 0 Å². The van der Waals surface area contributed by atoms with Crippen LogP contribution in [0.2, 0.25) is 0 Å². The predicted octanol–water partition coefficient (Wildman–Crippen LogP) is 2.95. The van der Waals surface area contributed by atoms with E-state index in [2.05, 4.69) is 5.32 Å². The fourth-order valence-corrected chi connectivity index (χ4v) is 3.00. The molecule has 1 aromatic heterocycles. The minimum Gasteiger partial charge on any atom is -0.459 e. The molecule has 2 unspecified atom stereocenters. The molecule has 2 heterocycles. The lowest BCUT2D eigenvalue weighted by Gasteiger charge is -2.31. The first-order chi connectivity index (χ1) is 10.0. The van der Waals surface area contributed by atoms with Crippen molar-refractivity contribution in [1.29, 1.82) is 0 Å². The molecule has 112 valence electrons. The highest BCUT2D eigenvalue weighted by atomic mass is 16.3. The summed E-state index contributed by atoms with van der Waals surface area (Å²) in [7, 11) is 1.86. The third-order valence-electron chi connectivity index (χ3n) is 4.64. The van der Waals surface area contributed by atoms with Gasteiger partial charge in [0.2, 0.25) is 5.91 Å². The van der Waals surface area contributed by atoms with E-state index in [1.807, 2.05) is 56.1 Å². The third kappa shape index (κ3) is 2.44. The highest BCUT2D eigenvalue weighted by molar-refractivity contribution is 5.83. The van der Waals surface area contributed by atoms with Crippen molar-refractivity contribution < 1.29 is 9.21 Å². The van der Waals surface area contributed by atoms with E-state index in [4.69, 9.17) is 4.42 Å². The van der Waals surface area contributed by atoms with Gasteiger partial charge in [0.05, 0.1) is 11.5 Å². The molecular weight excluding hydrogens is 264 g/mol.